The Hall–Kier alpha value is -2.64. The molecule has 39 heavy (non-hydrogen) atoms. The molecule has 2 heterocycles. The van der Waals surface area contributed by atoms with Gasteiger partial charge in [0.1, 0.15) is 11.6 Å². The zero-order chi connectivity index (χ0) is 28.3. The molecule has 2 aromatic carbocycles. The molecule has 2 aliphatic heterocycles. The maximum absolute atomic E-state index is 13.7. The van der Waals surface area contributed by atoms with Crippen molar-refractivity contribution in [2.24, 2.45) is 11.8 Å². The van der Waals surface area contributed by atoms with E-state index < -0.39 is 6.36 Å². The summed E-state index contributed by atoms with van der Waals surface area (Å²) in [5, 5.41) is 0. The first-order valence-corrected chi connectivity index (χ1v) is 14.2. The molecule has 0 N–H and O–H groups in total. The molecular weight excluding hydrogens is 504 g/mol. The van der Waals surface area contributed by atoms with Gasteiger partial charge in [-0.25, -0.2) is 4.39 Å². The van der Waals surface area contributed by atoms with Gasteiger partial charge in [0.2, 0.25) is 0 Å². The maximum atomic E-state index is 13.7. The third-order valence-corrected chi connectivity index (χ3v) is 8.03. The van der Waals surface area contributed by atoms with Crippen molar-refractivity contribution in [3.63, 3.8) is 0 Å². The summed E-state index contributed by atoms with van der Waals surface area (Å²) in [5.41, 5.74) is 4.23. The van der Waals surface area contributed by atoms with E-state index in [1.54, 1.807) is 24.3 Å². The van der Waals surface area contributed by atoms with Crippen LogP contribution < -0.4 is 4.74 Å². The third-order valence-electron chi connectivity index (χ3n) is 8.03. The van der Waals surface area contributed by atoms with Gasteiger partial charge in [-0.2, -0.15) is 0 Å². The predicted molar refractivity (Wildman–Crippen MR) is 150 cm³/mol. The van der Waals surface area contributed by atoms with Gasteiger partial charge in [-0.15, -0.1) is 13.2 Å². The Bertz CT molecular complexity index is 1170. The highest BCUT2D eigenvalue weighted by atomic mass is 19.4. The van der Waals surface area contributed by atoms with Gasteiger partial charge in [0.15, 0.2) is 0 Å². The maximum Gasteiger partial charge on any atom is 0.573 e. The first-order valence-electron chi connectivity index (χ1n) is 14.2. The average Bonchev–Trinajstić information content (AvgIpc) is 3.70. The lowest BCUT2D eigenvalue weighted by Gasteiger charge is -2.31. The number of halogens is 4. The molecule has 4 bridgehead atoms. The molecule has 2 saturated heterocycles. The number of hydrogen-bond donors (Lipinski definition) is 0. The number of likely N-dealkylation sites (N-methyl/N-ethyl adjacent to an activating group) is 1. The first-order chi connectivity index (χ1) is 18.6. The number of benzene rings is 2. The molecule has 7 heteroatoms. The normalized spacial score (nSPS) is 25.6. The van der Waals surface area contributed by atoms with Crippen molar-refractivity contribution in [2.75, 3.05) is 19.6 Å². The molecule has 4 atom stereocenters. The van der Waals surface area contributed by atoms with Crippen LogP contribution in [0.15, 0.2) is 60.7 Å². The van der Waals surface area contributed by atoms with E-state index in [-0.39, 0.29) is 11.6 Å². The number of likely N-dealkylation sites (tertiary alicyclic amines) is 2. The van der Waals surface area contributed by atoms with Crippen LogP contribution in [0.2, 0.25) is 0 Å². The summed E-state index contributed by atoms with van der Waals surface area (Å²) in [5.74, 6) is 0.950. The van der Waals surface area contributed by atoms with Crippen molar-refractivity contribution in [2.45, 2.75) is 71.9 Å². The second-order valence-corrected chi connectivity index (χ2v) is 10.7. The Labute approximate surface area is 230 Å². The SMILES string of the molecule is CC.CC(C)N1CC2C=C(c3ccc(OC(F)(F)F)cc3)C1C2.CCN1CC2C=C(c3ccccc3F)C1C2. The van der Waals surface area contributed by atoms with Crippen molar-refractivity contribution in [1.82, 2.24) is 9.80 Å². The summed E-state index contributed by atoms with van der Waals surface area (Å²) < 4.78 is 54.1. The van der Waals surface area contributed by atoms with Crippen molar-refractivity contribution in [1.29, 1.82) is 0 Å². The zero-order valence-corrected chi connectivity index (χ0v) is 23.5. The van der Waals surface area contributed by atoms with E-state index >= 15 is 0 Å². The first kappa shape index (κ1) is 29.3. The van der Waals surface area contributed by atoms with Crippen molar-refractivity contribution in [3.05, 3.63) is 77.6 Å². The lowest BCUT2D eigenvalue weighted by Crippen LogP contribution is -2.37. The molecule has 3 nitrogen and oxygen atoms in total. The van der Waals surface area contributed by atoms with E-state index in [1.807, 2.05) is 26.0 Å². The number of alkyl halides is 3. The molecule has 4 aliphatic rings. The lowest BCUT2D eigenvalue weighted by molar-refractivity contribution is -0.274. The summed E-state index contributed by atoms with van der Waals surface area (Å²) in [4.78, 5) is 4.91. The molecule has 2 fully saturated rings. The Morgan fingerprint density at radius 3 is 2.05 bits per heavy atom. The van der Waals surface area contributed by atoms with Gasteiger partial charge in [-0.3, -0.25) is 9.80 Å². The molecular formula is C32H40F4N2O. The van der Waals surface area contributed by atoms with Crippen LogP contribution in [-0.2, 0) is 0 Å². The summed E-state index contributed by atoms with van der Waals surface area (Å²) >= 11 is 0. The number of fused-ring (bicyclic) bond motifs is 4. The van der Waals surface area contributed by atoms with Crippen LogP contribution in [0, 0.1) is 17.7 Å². The van der Waals surface area contributed by atoms with Gasteiger partial charge < -0.3 is 4.74 Å². The highest BCUT2D eigenvalue weighted by Crippen LogP contribution is 2.43. The molecule has 0 saturated carbocycles. The number of nitrogens with zero attached hydrogens (tertiary/aromatic N) is 2. The Morgan fingerprint density at radius 2 is 1.49 bits per heavy atom. The molecule has 2 aromatic rings. The van der Waals surface area contributed by atoms with Crippen LogP contribution in [0.1, 0.15) is 58.6 Å². The van der Waals surface area contributed by atoms with Crippen molar-refractivity contribution < 1.29 is 22.3 Å². The second kappa shape index (κ2) is 12.3. The molecule has 0 aromatic heterocycles. The fourth-order valence-corrected chi connectivity index (χ4v) is 6.46. The fraction of sp³-hybridized carbons (Fsp3) is 0.500. The van der Waals surface area contributed by atoms with Gasteiger partial charge in [0, 0.05) is 36.8 Å². The molecule has 2 aliphatic carbocycles. The van der Waals surface area contributed by atoms with Crippen LogP contribution in [0.5, 0.6) is 5.75 Å². The van der Waals surface area contributed by atoms with Gasteiger partial charge >= 0.3 is 6.36 Å². The van der Waals surface area contributed by atoms with Gasteiger partial charge in [-0.1, -0.05) is 63.3 Å². The minimum absolute atomic E-state index is 0.0858. The van der Waals surface area contributed by atoms with Crippen LogP contribution in [0.3, 0.4) is 0 Å². The Balaban J connectivity index is 0.000000175. The minimum Gasteiger partial charge on any atom is -0.406 e. The third kappa shape index (κ3) is 6.58. The summed E-state index contributed by atoms with van der Waals surface area (Å²) in [6.07, 6.45) is 2.20. The van der Waals surface area contributed by atoms with E-state index in [2.05, 4.69) is 47.5 Å². The van der Waals surface area contributed by atoms with E-state index in [1.165, 1.54) is 29.7 Å². The minimum atomic E-state index is -4.64. The number of rotatable bonds is 5. The molecule has 6 rings (SSSR count). The van der Waals surface area contributed by atoms with Gasteiger partial charge in [0.25, 0.3) is 0 Å². The van der Waals surface area contributed by atoms with E-state index in [0.29, 0.717) is 30.0 Å². The largest absolute Gasteiger partial charge is 0.573 e. The smallest absolute Gasteiger partial charge is 0.406 e. The lowest BCUT2D eigenvalue weighted by atomic mass is 9.99. The molecule has 0 amide bonds. The van der Waals surface area contributed by atoms with Crippen molar-refractivity contribution >= 4 is 11.1 Å². The molecule has 0 spiro atoms. The Morgan fingerprint density at radius 1 is 0.872 bits per heavy atom. The van der Waals surface area contributed by atoms with E-state index in [0.717, 1.165) is 37.2 Å². The topological polar surface area (TPSA) is 15.7 Å². The summed E-state index contributed by atoms with van der Waals surface area (Å²) in [7, 11) is 0. The van der Waals surface area contributed by atoms with Crippen LogP contribution in [-0.4, -0.2) is 53.9 Å². The van der Waals surface area contributed by atoms with Crippen LogP contribution in [0.4, 0.5) is 17.6 Å². The summed E-state index contributed by atoms with van der Waals surface area (Å²) in [6, 6.07) is 14.6. The predicted octanol–water partition coefficient (Wildman–Crippen LogP) is 8.04. The molecule has 212 valence electrons. The fourth-order valence-electron chi connectivity index (χ4n) is 6.46. The van der Waals surface area contributed by atoms with Crippen LogP contribution >= 0.6 is 0 Å². The summed E-state index contributed by atoms with van der Waals surface area (Å²) in [6.45, 7) is 13.8. The molecule has 0 radical (unpaired) electrons. The number of hydrogen-bond acceptors (Lipinski definition) is 3. The van der Waals surface area contributed by atoms with Crippen LogP contribution in [0.25, 0.3) is 11.1 Å². The highest BCUT2D eigenvalue weighted by Gasteiger charge is 2.41. The standard InChI is InChI=1S/C16H18F3NO.C14H16FN.C2H6/c1-10(2)20-9-11-7-14(15(20)8-11)12-3-5-13(6-4-12)21-16(17,18)19;1-2-16-9-10-7-12(14(16)8-10)11-5-3-4-6-13(11)15;1-2/h3-7,10-11,15H,8-9H2,1-2H3;3-7,10,14H,2,8-9H2,1H3;1-2H3. The van der Waals surface area contributed by atoms with Gasteiger partial charge in [0.05, 0.1) is 0 Å². The van der Waals surface area contributed by atoms with Gasteiger partial charge in [-0.05, 0) is 80.0 Å². The second-order valence-electron chi connectivity index (χ2n) is 10.7. The van der Waals surface area contributed by atoms with E-state index in [4.69, 9.17) is 0 Å². The molecule has 4 unspecified atom stereocenters. The average molecular weight is 545 g/mol. The number of ether oxygens (including phenoxy) is 1. The highest BCUT2D eigenvalue weighted by molar-refractivity contribution is 5.74. The monoisotopic (exact) mass is 544 g/mol. The zero-order valence-electron chi connectivity index (χ0n) is 23.5. The quantitative estimate of drug-likeness (QED) is 0.354. The Kier molecular flexibility index (Phi) is 9.22. The van der Waals surface area contributed by atoms with Crippen molar-refractivity contribution in [3.8, 4) is 5.75 Å². The van der Waals surface area contributed by atoms with E-state index in [9.17, 15) is 17.6 Å².